The molecule has 1 amide bonds. The van der Waals surface area contributed by atoms with Crippen LogP contribution in [0.2, 0.25) is 0 Å². The second-order valence-corrected chi connectivity index (χ2v) is 5.59. The molecular weight excluding hydrogens is 214 g/mol. The molecule has 0 spiro atoms. The van der Waals surface area contributed by atoms with Gasteiger partial charge in [0.05, 0.1) is 0 Å². The van der Waals surface area contributed by atoms with Crippen molar-refractivity contribution >= 4 is 5.91 Å². The van der Waals surface area contributed by atoms with Crippen LogP contribution in [0.5, 0.6) is 0 Å². The number of nitrogens with zero attached hydrogens (tertiary/aromatic N) is 2. The SMILES string of the molecule is CCCN1C(CNC)C(=O)N(C)CCC1(C)C. The molecule has 1 fully saturated rings. The lowest BCUT2D eigenvalue weighted by Gasteiger charge is -2.40. The molecule has 4 heteroatoms. The van der Waals surface area contributed by atoms with E-state index in [0.717, 1.165) is 32.5 Å². The zero-order valence-electron chi connectivity index (χ0n) is 11.9. The van der Waals surface area contributed by atoms with E-state index >= 15 is 0 Å². The van der Waals surface area contributed by atoms with Gasteiger partial charge in [-0.15, -0.1) is 0 Å². The van der Waals surface area contributed by atoms with Crippen molar-refractivity contribution in [3.05, 3.63) is 0 Å². The Hall–Kier alpha value is -0.610. The van der Waals surface area contributed by atoms with Crippen molar-refractivity contribution < 1.29 is 4.79 Å². The number of hydrogen-bond donors (Lipinski definition) is 1. The van der Waals surface area contributed by atoms with Gasteiger partial charge in [-0.25, -0.2) is 0 Å². The van der Waals surface area contributed by atoms with Gasteiger partial charge in [-0.3, -0.25) is 9.69 Å². The predicted octanol–water partition coefficient (Wildman–Crippen LogP) is 0.927. The Morgan fingerprint density at radius 2 is 2.12 bits per heavy atom. The van der Waals surface area contributed by atoms with Gasteiger partial charge < -0.3 is 10.2 Å². The maximum atomic E-state index is 12.4. The van der Waals surface area contributed by atoms with Crippen LogP contribution in [0.3, 0.4) is 0 Å². The Kier molecular flexibility index (Phi) is 4.95. The van der Waals surface area contributed by atoms with Crippen LogP contribution >= 0.6 is 0 Å². The minimum atomic E-state index is -0.0255. The van der Waals surface area contributed by atoms with E-state index in [4.69, 9.17) is 0 Å². The minimum Gasteiger partial charge on any atom is -0.344 e. The van der Waals surface area contributed by atoms with Crippen molar-refractivity contribution in [1.82, 2.24) is 15.1 Å². The molecule has 17 heavy (non-hydrogen) atoms. The van der Waals surface area contributed by atoms with E-state index in [2.05, 4.69) is 31.0 Å². The van der Waals surface area contributed by atoms with E-state index in [0.29, 0.717) is 0 Å². The summed E-state index contributed by atoms with van der Waals surface area (Å²) in [5.41, 5.74) is 0.0952. The van der Waals surface area contributed by atoms with Gasteiger partial charge in [0.2, 0.25) is 5.91 Å². The van der Waals surface area contributed by atoms with Crippen molar-refractivity contribution in [2.24, 2.45) is 0 Å². The number of carbonyl (C=O) groups excluding carboxylic acids is 1. The third-order valence-corrected chi connectivity index (χ3v) is 3.74. The minimum absolute atomic E-state index is 0.0255. The van der Waals surface area contributed by atoms with Crippen LogP contribution in [0, 0.1) is 0 Å². The topological polar surface area (TPSA) is 35.6 Å². The number of rotatable bonds is 4. The summed E-state index contributed by atoms with van der Waals surface area (Å²) in [7, 11) is 3.83. The molecule has 0 bridgehead atoms. The standard InChI is InChI=1S/C13H27N3O/c1-6-8-16-11(10-14-4)12(17)15(5)9-7-13(16,2)3/h11,14H,6-10H2,1-5H3. The van der Waals surface area contributed by atoms with Gasteiger partial charge in [-0.2, -0.15) is 0 Å². The molecular formula is C13H27N3O. The predicted molar refractivity (Wildman–Crippen MR) is 71.0 cm³/mol. The molecule has 4 nitrogen and oxygen atoms in total. The van der Waals surface area contributed by atoms with Gasteiger partial charge in [-0.1, -0.05) is 6.92 Å². The summed E-state index contributed by atoms with van der Waals surface area (Å²) in [5.74, 6) is 0.248. The Labute approximate surface area is 105 Å². The van der Waals surface area contributed by atoms with Gasteiger partial charge in [-0.05, 0) is 40.3 Å². The fourth-order valence-corrected chi connectivity index (χ4v) is 2.59. The average Bonchev–Trinajstić information content (AvgIpc) is 2.35. The highest BCUT2D eigenvalue weighted by Crippen LogP contribution is 2.26. The van der Waals surface area contributed by atoms with E-state index < -0.39 is 0 Å². The van der Waals surface area contributed by atoms with Crippen LogP contribution in [0.1, 0.15) is 33.6 Å². The van der Waals surface area contributed by atoms with Gasteiger partial charge in [0.15, 0.2) is 0 Å². The first-order valence-electron chi connectivity index (χ1n) is 6.60. The lowest BCUT2D eigenvalue weighted by Crippen LogP contribution is -2.56. The van der Waals surface area contributed by atoms with Gasteiger partial charge in [0, 0.05) is 25.7 Å². The zero-order valence-corrected chi connectivity index (χ0v) is 11.9. The largest absolute Gasteiger partial charge is 0.344 e. The summed E-state index contributed by atoms with van der Waals surface area (Å²) in [4.78, 5) is 16.6. The number of hydrogen-bond acceptors (Lipinski definition) is 3. The van der Waals surface area contributed by atoms with E-state index in [1.165, 1.54) is 0 Å². The third-order valence-electron chi connectivity index (χ3n) is 3.74. The van der Waals surface area contributed by atoms with Crippen LogP contribution in [0.4, 0.5) is 0 Å². The molecule has 0 aromatic carbocycles. The molecule has 1 atom stereocenters. The molecule has 1 rings (SSSR count). The molecule has 1 N–H and O–H groups in total. The van der Waals surface area contributed by atoms with Crippen molar-refractivity contribution in [3.8, 4) is 0 Å². The quantitative estimate of drug-likeness (QED) is 0.795. The lowest BCUT2D eigenvalue weighted by atomic mass is 9.96. The molecule has 1 aliphatic heterocycles. The number of amides is 1. The zero-order chi connectivity index (χ0) is 13.1. The Morgan fingerprint density at radius 3 is 2.65 bits per heavy atom. The normalized spacial score (nSPS) is 26.1. The summed E-state index contributed by atoms with van der Waals surface area (Å²) in [5, 5.41) is 3.15. The monoisotopic (exact) mass is 241 g/mol. The summed E-state index contributed by atoms with van der Waals surface area (Å²) in [6.45, 7) is 9.24. The fraction of sp³-hybridized carbons (Fsp3) is 0.923. The first kappa shape index (κ1) is 14.5. The van der Waals surface area contributed by atoms with Gasteiger partial charge >= 0.3 is 0 Å². The first-order valence-corrected chi connectivity index (χ1v) is 6.60. The highest BCUT2D eigenvalue weighted by atomic mass is 16.2. The molecule has 0 aromatic heterocycles. The summed E-state index contributed by atoms with van der Waals surface area (Å²) < 4.78 is 0. The highest BCUT2D eigenvalue weighted by Gasteiger charge is 2.39. The first-order chi connectivity index (χ1) is 7.94. The Morgan fingerprint density at radius 1 is 1.47 bits per heavy atom. The molecule has 0 saturated carbocycles. The van der Waals surface area contributed by atoms with Crippen LogP contribution in [0.25, 0.3) is 0 Å². The summed E-state index contributed by atoms with van der Waals surface area (Å²) >= 11 is 0. The number of nitrogens with one attached hydrogen (secondary N) is 1. The lowest BCUT2D eigenvalue weighted by molar-refractivity contribution is -0.135. The van der Waals surface area contributed by atoms with Crippen LogP contribution < -0.4 is 5.32 Å². The Bertz CT molecular complexity index is 265. The fourth-order valence-electron chi connectivity index (χ4n) is 2.59. The van der Waals surface area contributed by atoms with Crippen molar-refractivity contribution in [2.75, 3.05) is 33.7 Å². The smallest absolute Gasteiger partial charge is 0.241 e. The van der Waals surface area contributed by atoms with Crippen LogP contribution in [-0.4, -0.2) is 61.0 Å². The van der Waals surface area contributed by atoms with E-state index in [-0.39, 0.29) is 17.5 Å². The Balaban J connectivity index is 2.98. The average molecular weight is 241 g/mol. The third kappa shape index (κ3) is 3.19. The number of carbonyl (C=O) groups is 1. The van der Waals surface area contributed by atoms with Crippen LogP contribution in [0.15, 0.2) is 0 Å². The van der Waals surface area contributed by atoms with E-state index in [1.54, 1.807) is 0 Å². The van der Waals surface area contributed by atoms with Crippen molar-refractivity contribution in [2.45, 2.75) is 45.2 Å². The molecule has 0 aromatic rings. The molecule has 0 radical (unpaired) electrons. The second-order valence-electron chi connectivity index (χ2n) is 5.59. The van der Waals surface area contributed by atoms with E-state index in [1.807, 2.05) is 19.0 Å². The molecule has 1 heterocycles. The van der Waals surface area contributed by atoms with Crippen molar-refractivity contribution in [3.63, 3.8) is 0 Å². The van der Waals surface area contributed by atoms with Gasteiger partial charge in [0.1, 0.15) is 6.04 Å². The maximum Gasteiger partial charge on any atom is 0.241 e. The van der Waals surface area contributed by atoms with Crippen molar-refractivity contribution in [1.29, 1.82) is 0 Å². The highest BCUT2D eigenvalue weighted by molar-refractivity contribution is 5.82. The molecule has 1 aliphatic rings. The van der Waals surface area contributed by atoms with E-state index in [9.17, 15) is 4.79 Å². The summed E-state index contributed by atoms with van der Waals surface area (Å²) in [6.07, 6.45) is 2.12. The van der Waals surface area contributed by atoms with Crippen LogP contribution in [-0.2, 0) is 4.79 Å². The molecule has 1 unspecified atom stereocenters. The number of likely N-dealkylation sites (N-methyl/N-ethyl adjacent to an activating group) is 2. The maximum absolute atomic E-state index is 12.4. The molecule has 100 valence electrons. The van der Waals surface area contributed by atoms with Gasteiger partial charge in [0.25, 0.3) is 0 Å². The second kappa shape index (κ2) is 5.83. The summed E-state index contributed by atoms with van der Waals surface area (Å²) in [6, 6.07) is -0.0255. The molecule has 0 aliphatic carbocycles. The molecule has 1 saturated heterocycles.